The number of ether oxygens (including phenoxy) is 1. The number of primary amides is 1. The maximum atomic E-state index is 12.1. The number of nitrogens with zero attached hydrogens (tertiary/aromatic N) is 1. The fourth-order valence-electron chi connectivity index (χ4n) is 6.51. The van der Waals surface area contributed by atoms with Crippen molar-refractivity contribution >= 4 is 5.91 Å². The molecular formula is C24H36N2O3. The van der Waals surface area contributed by atoms with Crippen LogP contribution in [0.4, 0.5) is 0 Å². The molecule has 1 aliphatic heterocycles. The van der Waals surface area contributed by atoms with Gasteiger partial charge < -0.3 is 20.5 Å². The molecule has 3 fully saturated rings. The maximum absolute atomic E-state index is 12.1. The third-order valence-corrected chi connectivity index (χ3v) is 7.89. The summed E-state index contributed by atoms with van der Waals surface area (Å²) in [5.74, 6) is 0.355. The van der Waals surface area contributed by atoms with Crippen LogP contribution in [0, 0.1) is 11.8 Å². The Morgan fingerprint density at radius 1 is 1.17 bits per heavy atom. The van der Waals surface area contributed by atoms with E-state index in [0.29, 0.717) is 17.4 Å². The van der Waals surface area contributed by atoms with Gasteiger partial charge in [0.05, 0.1) is 5.60 Å². The van der Waals surface area contributed by atoms with Gasteiger partial charge in [0, 0.05) is 37.6 Å². The number of likely N-dealkylation sites (tertiary alicyclic amines) is 1. The van der Waals surface area contributed by atoms with Gasteiger partial charge in [-0.2, -0.15) is 0 Å². The van der Waals surface area contributed by atoms with Gasteiger partial charge >= 0.3 is 0 Å². The lowest BCUT2D eigenvalue weighted by Gasteiger charge is -2.48. The second kappa shape index (κ2) is 8.37. The fourth-order valence-corrected chi connectivity index (χ4v) is 6.51. The number of aliphatic hydroxyl groups is 1. The van der Waals surface area contributed by atoms with E-state index in [1.807, 2.05) is 24.3 Å². The topological polar surface area (TPSA) is 75.8 Å². The molecular weight excluding hydrogens is 364 g/mol. The van der Waals surface area contributed by atoms with Gasteiger partial charge in [-0.1, -0.05) is 37.5 Å². The molecule has 2 aliphatic carbocycles. The Labute approximate surface area is 174 Å². The van der Waals surface area contributed by atoms with Gasteiger partial charge in [0.1, 0.15) is 5.60 Å². The first-order valence-corrected chi connectivity index (χ1v) is 11.4. The van der Waals surface area contributed by atoms with E-state index in [1.54, 1.807) is 7.11 Å². The average molecular weight is 401 g/mol. The molecule has 2 bridgehead atoms. The Morgan fingerprint density at radius 2 is 1.83 bits per heavy atom. The molecule has 4 rings (SSSR count). The lowest BCUT2D eigenvalue weighted by molar-refractivity contribution is -0.119. The van der Waals surface area contributed by atoms with E-state index in [1.165, 1.54) is 19.3 Å². The van der Waals surface area contributed by atoms with Crippen LogP contribution in [-0.2, 0) is 10.3 Å². The maximum Gasteiger partial charge on any atom is 0.249 e. The van der Waals surface area contributed by atoms with Crippen molar-refractivity contribution in [3.05, 3.63) is 35.4 Å². The highest BCUT2D eigenvalue weighted by Crippen LogP contribution is 2.54. The average Bonchev–Trinajstić information content (AvgIpc) is 2.91. The molecule has 2 saturated carbocycles. The summed E-state index contributed by atoms with van der Waals surface area (Å²) in [6.07, 6.45) is 9.73. The van der Waals surface area contributed by atoms with Crippen LogP contribution in [0.25, 0.3) is 0 Å². The van der Waals surface area contributed by atoms with Crippen molar-refractivity contribution in [3.63, 3.8) is 0 Å². The molecule has 2 unspecified atom stereocenters. The molecule has 5 heteroatoms. The van der Waals surface area contributed by atoms with E-state index >= 15 is 0 Å². The second-order valence-electron chi connectivity index (χ2n) is 9.53. The Balaban J connectivity index is 1.45. The van der Waals surface area contributed by atoms with Crippen LogP contribution >= 0.6 is 0 Å². The molecule has 0 spiro atoms. The van der Waals surface area contributed by atoms with Crippen molar-refractivity contribution in [2.24, 2.45) is 17.6 Å². The number of amides is 1. The van der Waals surface area contributed by atoms with E-state index in [9.17, 15) is 9.90 Å². The molecule has 1 aromatic rings. The van der Waals surface area contributed by atoms with Crippen LogP contribution in [0.5, 0.6) is 0 Å². The summed E-state index contributed by atoms with van der Waals surface area (Å²) in [4.78, 5) is 14.6. The highest BCUT2D eigenvalue weighted by atomic mass is 16.5. The molecule has 0 radical (unpaired) electrons. The number of carbonyl (C=O) groups is 1. The summed E-state index contributed by atoms with van der Waals surface area (Å²) in [5, 5.41) is 10.8. The zero-order valence-electron chi connectivity index (χ0n) is 17.7. The van der Waals surface area contributed by atoms with E-state index < -0.39 is 11.2 Å². The van der Waals surface area contributed by atoms with E-state index in [2.05, 4.69) is 4.90 Å². The smallest absolute Gasteiger partial charge is 0.249 e. The third kappa shape index (κ3) is 3.85. The summed E-state index contributed by atoms with van der Waals surface area (Å²) in [7, 11) is 1.79. The predicted octanol–water partition coefficient (Wildman–Crippen LogP) is 3.44. The summed E-state index contributed by atoms with van der Waals surface area (Å²) in [6, 6.07) is 7.72. The van der Waals surface area contributed by atoms with E-state index in [4.69, 9.17) is 10.5 Å². The Bertz CT molecular complexity index is 715. The zero-order valence-corrected chi connectivity index (χ0v) is 17.7. The second-order valence-corrected chi connectivity index (χ2v) is 9.53. The van der Waals surface area contributed by atoms with Crippen LogP contribution in [0.1, 0.15) is 73.7 Å². The van der Waals surface area contributed by atoms with Gasteiger partial charge in [0.15, 0.2) is 0 Å². The quantitative estimate of drug-likeness (QED) is 0.735. The van der Waals surface area contributed by atoms with Crippen LogP contribution in [-0.4, -0.2) is 48.3 Å². The molecule has 0 aromatic heterocycles. The van der Waals surface area contributed by atoms with Crippen LogP contribution in [0.15, 0.2) is 24.3 Å². The van der Waals surface area contributed by atoms with Crippen molar-refractivity contribution in [2.45, 2.75) is 69.0 Å². The molecule has 1 amide bonds. The number of methoxy groups -OCH3 is 1. The Hall–Kier alpha value is -1.43. The van der Waals surface area contributed by atoms with Crippen LogP contribution < -0.4 is 5.73 Å². The number of fused-ring (bicyclic) bond motifs is 2. The highest BCUT2D eigenvalue weighted by Gasteiger charge is 2.56. The number of benzene rings is 1. The van der Waals surface area contributed by atoms with Gasteiger partial charge in [-0.3, -0.25) is 4.79 Å². The lowest BCUT2D eigenvalue weighted by Crippen LogP contribution is -2.53. The Morgan fingerprint density at radius 3 is 2.45 bits per heavy atom. The van der Waals surface area contributed by atoms with Crippen LogP contribution in [0.3, 0.4) is 0 Å². The molecule has 5 nitrogen and oxygen atoms in total. The Kier molecular flexibility index (Phi) is 6.01. The zero-order chi connectivity index (χ0) is 20.5. The molecule has 29 heavy (non-hydrogen) atoms. The van der Waals surface area contributed by atoms with Crippen molar-refractivity contribution in [2.75, 3.05) is 26.7 Å². The monoisotopic (exact) mass is 400 g/mol. The van der Waals surface area contributed by atoms with E-state index in [0.717, 1.165) is 63.7 Å². The minimum absolute atomic E-state index is 0.365. The third-order valence-electron chi connectivity index (χ3n) is 7.89. The number of nitrogens with two attached hydrogens (primary N) is 1. The van der Waals surface area contributed by atoms with Crippen LogP contribution in [0.2, 0.25) is 0 Å². The fraction of sp³-hybridized carbons (Fsp3) is 0.708. The highest BCUT2D eigenvalue weighted by molar-refractivity contribution is 5.94. The summed E-state index contributed by atoms with van der Waals surface area (Å²) in [6.45, 7) is 3.00. The SMILES string of the molecule is COC1(c2ccccc2C(N)=O)C2CCC1CN(CCCC1(O)CCCCC1)C2. The molecule has 3 N–H and O–H groups in total. The first-order valence-electron chi connectivity index (χ1n) is 11.4. The van der Waals surface area contributed by atoms with Crippen molar-refractivity contribution in [1.82, 2.24) is 4.90 Å². The molecule has 1 saturated heterocycles. The summed E-state index contributed by atoms with van der Waals surface area (Å²) in [5.41, 5.74) is 6.42. The van der Waals surface area contributed by atoms with Gasteiger partial charge in [0.2, 0.25) is 5.91 Å². The largest absolute Gasteiger partial charge is 0.390 e. The van der Waals surface area contributed by atoms with Crippen molar-refractivity contribution in [1.29, 1.82) is 0 Å². The lowest BCUT2D eigenvalue weighted by atomic mass is 9.73. The number of carbonyl (C=O) groups excluding carboxylic acids is 1. The number of hydrogen-bond donors (Lipinski definition) is 2. The van der Waals surface area contributed by atoms with Crippen molar-refractivity contribution in [3.8, 4) is 0 Å². The number of hydrogen-bond acceptors (Lipinski definition) is 4. The van der Waals surface area contributed by atoms with Crippen molar-refractivity contribution < 1.29 is 14.6 Å². The normalized spacial score (nSPS) is 31.7. The molecule has 1 heterocycles. The molecule has 160 valence electrons. The standard InChI is InChI=1S/C24H36N2O3/c1-29-24(21-9-4-3-8-20(21)22(25)27)18-10-11-19(24)17-26(16-18)15-7-14-23(28)12-5-2-6-13-23/h3-4,8-9,18-19,28H,2,5-7,10-17H2,1H3,(H2,25,27). The predicted molar refractivity (Wildman–Crippen MR) is 114 cm³/mol. The first kappa shape index (κ1) is 20.8. The molecule has 1 aromatic carbocycles. The van der Waals surface area contributed by atoms with Gasteiger partial charge in [-0.15, -0.1) is 0 Å². The molecule has 2 atom stereocenters. The van der Waals surface area contributed by atoms with E-state index in [-0.39, 0.29) is 5.91 Å². The number of piperidine rings is 1. The minimum Gasteiger partial charge on any atom is -0.390 e. The molecule has 3 aliphatic rings. The van der Waals surface area contributed by atoms with Gasteiger partial charge in [-0.05, 0) is 56.7 Å². The van der Waals surface area contributed by atoms with Gasteiger partial charge in [-0.25, -0.2) is 0 Å². The summed E-state index contributed by atoms with van der Waals surface area (Å²) < 4.78 is 6.23. The minimum atomic E-state index is -0.427. The van der Waals surface area contributed by atoms with Gasteiger partial charge in [0.25, 0.3) is 0 Å². The number of rotatable bonds is 7. The summed E-state index contributed by atoms with van der Waals surface area (Å²) >= 11 is 0. The first-order chi connectivity index (χ1) is 14.0.